The highest BCUT2D eigenvalue weighted by molar-refractivity contribution is 5.59. The van der Waals surface area contributed by atoms with Crippen molar-refractivity contribution in [3.8, 4) is 5.88 Å². The second-order valence-corrected chi connectivity index (χ2v) is 3.55. The number of ether oxygens (including phenoxy) is 1. The van der Waals surface area contributed by atoms with Crippen LogP contribution in [0.15, 0.2) is 24.5 Å². The lowest BCUT2D eigenvalue weighted by molar-refractivity contribution is 0.329. The van der Waals surface area contributed by atoms with E-state index in [0.717, 1.165) is 5.69 Å². The summed E-state index contributed by atoms with van der Waals surface area (Å²) >= 11 is 0. The van der Waals surface area contributed by atoms with E-state index in [4.69, 9.17) is 10.5 Å². The predicted octanol–water partition coefficient (Wildman–Crippen LogP) is 1.54. The van der Waals surface area contributed by atoms with Gasteiger partial charge in [-0.05, 0) is 19.1 Å². The molecule has 0 atom stereocenters. The van der Waals surface area contributed by atoms with Crippen LogP contribution in [0.4, 0.5) is 17.2 Å². The van der Waals surface area contributed by atoms with Gasteiger partial charge in [0.25, 0.3) is 0 Å². The summed E-state index contributed by atoms with van der Waals surface area (Å²) in [6.45, 7) is 2.43. The number of nitrogens with one attached hydrogen (secondary N) is 1. The van der Waals surface area contributed by atoms with Gasteiger partial charge in [0.2, 0.25) is 5.88 Å². The average molecular weight is 233 g/mol. The first kappa shape index (κ1) is 11.3. The fourth-order valence-electron chi connectivity index (χ4n) is 1.41. The number of nitrogens with zero attached hydrogens (tertiary/aromatic N) is 3. The minimum absolute atomic E-state index is 0.446. The van der Waals surface area contributed by atoms with Crippen LogP contribution >= 0.6 is 0 Å². The maximum absolute atomic E-state index is 5.74. The van der Waals surface area contributed by atoms with Crippen molar-refractivity contribution < 1.29 is 4.74 Å². The van der Waals surface area contributed by atoms with Crippen LogP contribution in [0.2, 0.25) is 0 Å². The summed E-state index contributed by atoms with van der Waals surface area (Å²) in [5.74, 6) is 1.12. The Kier molecular flexibility index (Phi) is 3.13. The van der Waals surface area contributed by atoms with E-state index in [1.165, 1.54) is 0 Å². The van der Waals surface area contributed by atoms with Crippen molar-refractivity contribution >= 4 is 17.2 Å². The summed E-state index contributed by atoms with van der Waals surface area (Å²) in [6.07, 6.45) is 3.58. The number of rotatable bonds is 4. The lowest BCUT2D eigenvalue weighted by Crippen LogP contribution is -2.01. The summed E-state index contributed by atoms with van der Waals surface area (Å²) in [4.78, 5) is 4.27. The molecule has 17 heavy (non-hydrogen) atoms. The molecule has 0 aliphatic rings. The molecule has 2 heterocycles. The first-order chi connectivity index (χ1) is 8.19. The third kappa shape index (κ3) is 2.66. The molecule has 6 nitrogen and oxygen atoms in total. The molecule has 0 bridgehead atoms. The first-order valence-corrected chi connectivity index (χ1v) is 5.34. The number of nitrogen functional groups attached to an aromatic ring is 1. The van der Waals surface area contributed by atoms with Crippen molar-refractivity contribution in [2.45, 2.75) is 6.92 Å². The third-order valence-electron chi connectivity index (χ3n) is 2.15. The minimum atomic E-state index is 0.446. The molecule has 3 N–H and O–H groups in total. The molecule has 0 saturated heterocycles. The predicted molar refractivity (Wildman–Crippen MR) is 66.3 cm³/mol. The maximum Gasteiger partial charge on any atom is 0.239 e. The summed E-state index contributed by atoms with van der Waals surface area (Å²) in [7, 11) is 1.85. The van der Waals surface area contributed by atoms with Crippen molar-refractivity contribution in [2.24, 2.45) is 7.05 Å². The van der Waals surface area contributed by atoms with Crippen LogP contribution in [-0.2, 0) is 7.05 Å². The van der Waals surface area contributed by atoms with Crippen molar-refractivity contribution in [3.63, 3.8) is 0 Å². The quantitative estimate of drug-likeness (QED) is 0.837. The summed E-state index contributed by atoms with van der Waals surface area (Å²) < 4.78 is 7.03. The Morgan fingerprint density at radius 1 is 1.47 bits per heavy atom. The lowest BCUT2D eigenvalue weighted by Gasteiger charge is -2.08. The van der Waals surface area contributed by atoms with Crippen LogP contribution < -0.4 is 15.8 Å². The maximum atomic E-state index is 5.74. The smallest absolute Gasteiger partial charge is 0.239 e. The van der Waals surface area contributed by atoms with E-state index in [1.54, 1.807) is 23.0 Å². The zero-order valence-electron chi connectivity index (χ0n) is 9.84. The Balaban J connectivity index is 2.18. The van der Waals surface area contributed by atoms with Crippen LogP contribution in [0.3, 0.4) is 0 Å². The van der Waals surface area contributed by atoms with E-state index in [1.807, 2.05) is 20.2 Å². The minimum Gasteiger partial charge on any atom is -0.476 e. The number of hydrogen-bond acceptors (Lipinski definition) is 5. The van der Waals surface area contributed by atoms with E-state index >= 15 is 0 Å². The average Bonchev–Trinajstić information content (AvgIpc) is 2.69. The molecule has 0 radical (unpaired) electrons. The normalized spacial score (nSPS) is 10.2. The van der Waals surface area contributed by atoms with E-state index in [2.05, 4.69) is 15.4 Å². The molecule has 0 saturated carbocycles. The summed E-state index contributed by atoms with van der Waals surface area (Å²) in [6, 6.07) is 3.56. The number of anilines is 3. The molecule has 2 aromatic rings. The van der Waals surface area contributed by atoms with Crippen LogP contribution in [0, 0.1) is 0 Å². The standard InChI is InChI=1S/C11H15N5O/c1-3-17-11-9(12)4-5-10(15-11)14-8-6-13-16(2)7-8/h4-7H,3,12H2,1-2H3,(H,14,15). The molecular formula is C11H15N5O. The molecule has 0 fully saturated rings. The van der Waals surface area contributed by atoms with Gasteiger partial charge in [-0.25, -0.2) is 0 Å². The van der Waals surface area contributed by atoms with E-state index < -0.39 is 0 Å². The highest BCUT2D eigenvalue weighted by Crippen LogP contribution is 2.22. The summed E-state index contributed by atoms with van der Waals surface area (Å²) in [5, 5.41) is 7.18. The van der Waals surface area contributed by atoms with Gasteiger partial charge in [0.15, 0.2) is 0 Å². The number of nitrogens with two attached hydrogens (primary N) is 1. The van der Waals surface area contributed by atoms with Crippen LogP contribution in [0.25, 0.3) is 0 Å². The topological polar surface area (TPSA) is 78.0 Å². The largest absolute Gasteiger partial charge is 0.476 e. The van der Waals surface area contributed by atoms with Crippen molar-refractivity contribution in [3.05, 3.63) is 24.5 Å². The van der Waals surface area contributed by atoms with Crippen LogP contribution in [-0.4, -0.2) is 21.4 Å². The fourth-order valence-corrected chi connectivity index (χ4v) is 1.41. The second-order valence-electron chi connectivity index (χ2n) is 3.55. The monoisotopic (exact) mass is 233 g/mol. The van der Waals surface area contributed by atoms with Gasteiger partial charge in [-0.3, -0.25) is 4.68 Å². The van der Waals surface area contributed by atoms with E-state index in [-0.39, 0.29) is 0 Å². The number of hydrogen-bond donors (Lipinski definition) is 2. The van der Waals surface area contributed by atoms with Gasteiger partial charge in [0.1, 0.15) is 5.82 Å². The van der Waals surface area contributed by atoms with Gasteiger partial charge in [-0.1, -0.05) is 0 Å². The highest BCUT2D eigenvalue weighted by Gasteiger charge is 2.04. The fraction of sp³-hybridized carbons (Fsp3) is 0.273. The Bertz CT molecular complexity index is 508. The Hall–Kier alpha value is -2.24. The molecule has 2 rings (SSSR count). The Morgan fingerprint density at radius 3 is 2.94 bits per heavy atom. The molecule has 0 amide bonds. The van der Waals surface area contributed by atoms with Crippen molar-refractivity contribution in [1.82, 2.24) is 14.8 Å². The van der Waals surface area contributed by atoms with Crippen LogP contribution in [0.5, 0.6) is 5.88 Å². The third-order valence-corrected chi connectivity index (χ3v) is 2.15. The number of aromatic nitrogens is 3. The molecule has 0 unspecified atom stereocenters. The molecule has 0 aliphatic carbocycles. The lowest BCUT2D eigenvalue weighted by atomic mass is 10.4. The molecule has 0 aliphatic heterocycles. The van der Waals surface area contributed by atoms with Gasteiger partial charge >= 0.3 is 0 Å². The van der Waals surface area contributed by atoms with Gasteiger partial charge in [0, 0.05) is 13.2 Å². The molecule has 2 aromatic heterocycles. The Labute approximate surface area is 99.4 Å². The van der Waals surface area contributed by atoms with E-state index in [9.17, 15) is 0 Å². The van der Waals surface area contributed by atoms with Crippen molar-refractivity contribution in [2.75, 3.05) is 17.7 Å². The van der Waals surface area contributed by atoms with Gasteiger partial charge in [-0.2, -0.15) is 10.1 Å². The van der Waals surface area contributed by atoms with Gasteiger partial charge < -0.3 is 15.8 Å². The molecule has 90 valence electrons. The highest BCUT2D eigenvalue weighted by atomic mass is 16.5. The van der Waals surface area contributed by atoms with Crippen molar-refractivity contribution in [1.29, 1.82) is 0 Å². The number of pyridine rings is 1. The molecule has 0 spiro atoms. The Morgan fingerprint density at radius 2 is 2.29 bits per heavy atom. The van der Waals surface area contributed by atoms with Crippen LogP contribution in [0.1, 0.15) is 6.92 Å². The molecule has 6 heteroatoms. The number of aryl methyl sites for hydroxylation is 1. The SMILES string of the molecule is CCOc1nc(Nc2cnn(C)c2)ccc1N. The van der Waals surface area contributed by atoms with Gasteiger partial charge in [-0.15, -0.1) is 0 Å². The first-order valence-electron chi connectivity index (χ1n) is 5.34. The summed E-state index contributed by atoms with van der Waals surface area (Å²) in [5.41, 5.74) is 7.14. The van der Waals surface area contributed by atoms with Gasteiger partial charge in [0.05, 0.1) is 24.2 Å². The zero-order chi connectivity index (χ0) is 12.3. The molecular weight excluding hydrogens is 218 g/mol. The second kappa shape index (κ2) is 4.73. The zero-order valence-corrected chi connectivity index (χ0v) is 9.84. The molecule has 0 aromatic carbocycles. The van der Waals surface area contributed by atoms with E-state index in [0.29, 0.717) is 24.0 Å².